The van der Waals surface area contributed by atoms with Crippen molar-refractivity contribution in [1.82, 2.24) is 10.3 Å². The maximum atomic E-state index is 4.37. The van der Waals surface area contributed by atoms with E-state index in [2.05, 4.69) is 41.3 Å². The maximum absolute atomic E-state index is 4.37. The molecule has 0 saturated heterocycles. The number of anilines is 1. The van der Waals surface area contributed by atoms with Gasteiger partial charge in [0.2, 0.25) is 0 Å². The first kappa shape index (κ1) is 15.3. The Morgan fingerprint density at radius 1 is 1.25 bits per heavy atom. The molecule has 1 heterocycles. The van der Waals surface area contributed by atoms with Crippen LogP contribution in [-0.2, 0) is 6.54 Å². The van der Waals surface area contributed by atoms with Crippen LogP contribution in [0.1, 0.15) is 57.9 Å². The van der Waals surface area contributed by atoms with Crippen molar-refractivity contribution in [3.8, 4) is 0 Å². The van der Waals surface area contributed by atoms with E-state index >= 15 is 0 Å². The van der Waals surface area contributed by atoms with Gasteiger partial charge < -0.3 is 10.2 Å². The van der Waals surface area contributed by atoms with E-state index in [0.717, 1.165) is 19.6 Å². The van der Waals surface area contributed by atoms with Crippen molar-refractivity contribution >= 4 is 5.69 Å². The molecular weight excluding hydrogens is 246 g/mol. The highest BCUT2D eigenvalue weighted by Gasteiger charge is 2.21. The number of hydrogen-bond donors (Lipinski definition) is 1. The summed E-state index contributed by atoms with van der Waals surface area (Å²) in [6, 6.07) is 2.88. The Morgan fingerprint density at radius 2 is 2.05 bits per heavy atom. The molecule has 1 aromatic rings. The summed E-state index contributed by atoms with van der Waals surface area (Å²) in [5.41, 5.74) is 2.73. The molecule has 1 saturated carbocycles. The molecule has 112 valence electrons. The van der Waals surface area contributed by atoms with Crippen molar-refractivity contribution in [1.29, 1.82) is 0 Å². The van der Waals surface area contributed by atoms with Crippen molar-refractivity contribution < 1.29 is 0 Å². The van der Waals surface area contributed by atoms with Gasteiger partial charge in [-0.05, 0) is 44.4 Å². The van der Waals surface area contributed by atoms with Gasteiger partial charge in [0.05, 0.1) is 11.9 Å². The van der Waals surface area contributed by atoms with Crippen LogP contribution in [0.2, 0.25) is 0 Å². The zero-order chi connectivity index (χ0) is 14.2. The van der Waals surface area contributed by atoms with Gasteiger partial charge in [-0.1, -0.05) is 26.2 Å². The molecule has 0 aliphatic heterocycles. The van der Waals surface area contributed by atoms with E-state index in [-0.39, 0.29) is 0 Å². The predicted octanol–water partition coefficient (Wildman–Crippen LogP) is 3.74. The third-order valence-corrected chi connectivity index (χ3v) is 4.30. The molecule has 0 aromatic carbocycles. The predicted molar refractivity (Wildman–Crippen MR) is 86.1 cm³/mol. The van der Waals surface area contributed by atoms with Crippen molar-refractivity contribution in [3.05, 3.63) is 24.0 Å². The summed E-state index contributed by atoms with van der Waals surface area (Å²) in [6.07, 6.45) is 12.0. The minimum Gasteiger partial charge on any atom is -0.367 e. The van der Waals surface area contributed by atoms with Gasteiger partial charge in [0, 0.05) is 25.3 Å². The van der Waals surface area contributed by atoms with Crippen LogP contribution in [0.3, 0.4) is 0 Å². The van der Waals surface area contributed by atoms with E-state index in [4.69, 9.17) is 0 Å². The van der Waals surface area contributed by atoms with Gasteiger partial charge in [-0.15, -0.1) is 0 Å². The maximum Gasteiger partial charge on any atom is 0.0600 e. The second-order valence-electron chi connectivity index (χ2n) is 5.76. The smallest absolute Gasteiger partial charge is 0.0600 e. The Morgan fingerprint density at radius 3 is 2.75 bits per heavy atom. The molecule has 1 aliphatic rings. The topological polar surface area (TPSA) is 28.2 Å². The summed E-state index contributed by atoms with van der Waals surface area (Å²) in [6.45, 7) is 7.59. The van der Waals surface area contributed by atoms with Crippen molar-refractivity contribution in [2.24, 2.45) is 0 Å². The number of aromatic nitrogens is 1. The summed E-state index contributed by atoms with van der Waals surface area (Å²) in [7, 11) is 0. The van der Waals surface area contributed by atoms with Crippen LogP contribution in [0.5, 0.6) is 0 Å². The fourth-order valence-corrected chi connectivity index (χ4v) is 3.24. The molecule has 0 unspecified atom stereocenters. The number of nitrogens with zero attached hydrogens (tertiary/aromatic N) is 2. The Balaban J connectivity index is 2.11. The van der Waals surface area contributed by atoms with Crippen LogP contribution in [0.4, 0.5) is 5.69 Å². The first-order chi connectivity index (χ1) is 9.86. The molecule has 0 radical (unpaired) electrons. The number of rotatable bonds is 7. The van der Waals surface area contributed by atoms with E-state index in [1.54, 1.807) is 0 Å². The lowest BCUT2D eigenvalue weighted by molar-refractivity contribution is 0.417. The zero-order valence-corrected chi connectivity index (χ0v) is 13.1. The molecule has 1 fully saturated rings. The average molecular weight is 275 g/mol. The third-order valence-electron chi connectivity index (χ3n) is 4.30. The molecule has 20 heavy (non-hydrogen) atoms. The molecule has 2 rings (SSSR count). The third kappa shape index (κ3) is 3.95. The van der Waals surface area contributed by atoms with E-state index in [0.29, 0.717) is 6.04 Å². The van der Waals surface area contributed by atoms with Crippen LogP contribution in [0, 0.1) is 0 Å². The van der Waals surface area contributed by atoms with Gasteiger partial charge in [0.1, 0.15) is 0 Å². The highest BCUT2D eigenvalue weighted by molar-refractivity contribution is 5.52. The highest BCUT2D eigenvalue weighted by Crippen LogP contribution is 2.28. The number of hydrogen-bond acceptors (Lipinski definition) is 3. The van der Waals surface area contributed by atoms with Crippen LogP contribution in [0.25, 0.3) is 0 Å². The molecule has 1 aromatic heterocycles. The second kappa shape index (κ2) is 8.25. The molecular formula is C17H29N3. The largest absolute Gasteiger partial charge is 0.367 e. The van der Waals surface area contributed by atoms with Crippen molar-refractivity contribution in [3.63, 3.8) is 0 Å². The van der Waals surface area contributed by atoms with Gasteiger partial charge in [0.25, 0.3) is 0 Å². The molecule has 3 nitrogen and oxygen atoms in total. The Hall–Kier alpha value is -1.09. The molecule has 1 aliphatic carbocycles. The van der Waals surface area contributed by atoms with Gasteiger partial charge in [0.15, 0.2) is 0 Å². The monoisotopic (exact) mass is 275 g/mol. The zero-order valence-electron chi connectivity index (χ0n) is 13.1. The van der Waals surface area contributed by atoms with Crippen LogP contribution in [0.15, 0.2) is 18.5 Å². The number of nitrogens with one attached hydrogen (secondary N) is 1. The lowest BCUT2D eigenvalue weighted by Gasteiger charge is -2.36. The van der Waals surface area contributed by atoms with Crippen molar-refractivity contribution in [2.75, 3.05) is 18.0 Å². The summed E-state index contributed by atoms with van der Waals surface area (Å²) in [4.78, 5) is 6.95. The summed E-state index contributed by atoms with van der Waals surface area (Å²) in [5.74, 6) is 0. The molecule has 0 atom stereocenters. The van der Waals surface area contributed by atoms with Crippen LogP contribution >= 0.6 is 0 Å². The SMILES string of the molecule is CCCNCc1ccncc1N(CC)C1CCCCC1. The van der Waals surface area contributed by atoms with Crippen LogP contribution < -0.4 is 10.2 Å². The Labute approximate surface area is 123 Å². The number of pyridine rings is 1. The first-order valence-corrected chi connectivity index (χ1v) is 8.27. The standard InChI is InChI=1S/C17H29N3/c1-3-11-18-13-15-10-12-19-14-17(15)20(4-2)16-8-6-5-7-9-16/h10,12,14,16,18H,3-9,11,13H2,1-2H3. The highest BCUT2D eigenvalue weighted by atomic mass is 15.2. The summed E-state index contributed by atoms with van der Waals surface area (Å²) >= 11 is 0. The average Bonchev–Trinajstić information content (AvgIpc) is 2.51. The normalized spacial score (nSPS) is 16.3. The second-order valence-corrected chi connectivity index (χ2v) is 5.76. The minimum absolute atomic E-state index is 0.711. The van der Waals surface area contributed by atoms with E-state index in [1.165, 1.54) is 49.8 Å². The van der Waals surface area contributed by atoms with Gasteiger partial charge in [-0.25, -0.2) is 0 Å². The first-order valence-electron chi connectivity index (χ1n) is 8.27. The Kier molecular flexibility index (Phi) is 6.31. The minimum atomic E-state index is 0.711. The molecule has 0 spiro atoms. The van der Waals surface area contributed by atoms with Crippen molar-refractivity contribution in [2.45, 2.75) is 65.0 Å². The molecule has 1 N–H and O–H groups in total. The van der Waals surface area contributed by atoms with Gasteiger partial charge in [-0.2, -0.15) is 0 Å². The van der Waals surface area contributed by atoms with E-state index < -0.39 is 0 Å². The molecule has 3 heteroatoms. The summed E-state index contributed by atoms with van der Waals surface area (Å²) in [5, 5.41) is 3.52. The van der Waals surface area contributed by atoms with Gasteiger partial charge >= 0.3 is 0 Å². The van der Waals surface area contributed by atoms with E-state index in [1.807, 2.05) is 6.20 Å². The fourth-order valence-electron chi connectivity index (χ4n) is 3.24. The summed E-state index contributed by atoms with van der Waals surface area (Å²) < 4.78 is 0. The van der Waals surface area contributed by atoms with Gasteiger partial charge in [-0.3, -0.25) is 4.98 Å². The molecule has 0 bridgehead atoms. The lowest BCUT2D eigenvalue weighted by atomic mass is 9.93. The van der Waals surface area contributed by atoms with E-state index in [9.17, 15) is 0 Å². The van der Waals surface area contributed by atoms with Crippen LogP contribution in [-0.4, -0.2) is 24.1 Å². The quantitative estimate of drug-likeness (QED) is 0.768. The lowest BCUT2D eigenvalue weighted by Crippen LogP contribution is -2.37. The molecule has 0 amide bonds. The fraction of sp³-hybridized carbons (Fsp3) is 0.706. The Bertz CT molecular complexity index is 386.